The molecule has 0 bridgehead atoms. The highest BCUT2D eigenvalue weighted by atomic mass is 79.9. The van der Waals surface area contributed by atoms with Crippen molar-refractivity contribution in [1.82, 2.24) is 10.2 Å². The minimum absolute atomic E-state index is 0.107. The van der Waals surface area contributed by atoms with Crippen LogP contribution in [0.4, 0.5) is 0 Å². The smallest absolute Gasteiger partial charge is 0.261 e. The number of hydrogen-bond donors (Lipinski definition) is 1. The summed E-state index contributed by atoms with van der Waals surface area (Å²) in [5.74, 6) is 0.264. The monoisotopic (exact) mass is 474 g/mol. The van der Waals surface area contributed by atoms with Gasteiger partial charge in [-0.25, -0.2) is 0 Å². The quantitative estimate of drug-likeness (QED) is 0.603. The Balaban J connectivity index is 2.21. The average molecular weight is 475 g/mol. The van der Waals surface area contributed by atoms with Crippen LogP contribution in [0.3, 0.4) is 0 Å². The lowest BCUT2D eigenvalue weighted by Gasteiger charge is -2.29. The highest BCUT2D eigenvalue weighted by molar-refractivity contribution is 9.10. The molecule has 6 heteroatoms. The summed E-state index contributed by atoms with van der Waals surface area (Å²) in [6, 6.07) is 14.8. The summed E-state index contributed by atoms with van der Waals surface area (Å²) in [7, 11) is 0. The van der Waals surface area contributed by atoms with Gasteiger partial charge in [0.25, 0.3) is 5.91 Å². The fraction of sp³-hybridized carbons (Fsp3) is 0.417. The van der Waals surface area contributed by atoms with Gasteiger partial charge in [-0.1, -0.05) is 67.0 Å². The summed E-state index contributed by atoms with van der Waals surface area (Å²) < 4.78 is 6.85. The molecule has 2 aromatic rings. The van der Waals surface area contributed by atoms with Gasteiger partial charge in [0.15, 0.2) is 6.61 Å². The molecule has 1 N–H and O–H groups in total. The molecule has 0 saturated carbocycles. The number of nitrogens with one attached hydrogen (secondary N) is 1. The first-order chi connectivity index (χ1) is 14.1. The van der Waals surface area contributed by atoms with Gasteiger partial charge in [0.1, 0.15) is 11.8 Å². The van der Waals surface area contributed by atoms with Crippen LogP contribution in [-0.2, 0) is 21.5 Å². The van der Waals surface area contributed by atoms with Crippen molar-refractivity contribution in [2.24, 2.45) is 0 Å². The van der Waals surface area contributed by atoms with E-state index >= 15 is 0 Å². The van der Waals surface area contributed by atoms with Gasteiger partial charge < -0.3 is 15.0 Å². The number of likely N-dealkylation sites (N-methyl/N-ethyl adjacent to an activating group) is 1. The van der Waals surface area contributed by atoms with Crippen molar-refractivity contribution in [1.29, 1.82) is 0 Å². The molecular formula is C24H31BrN2O3. The van der Waals surface area contributed by atoms with Crippen molar-refractivity contribution in [3.63, 3.8) is 0 Å². The summed E-state index contributed by atoms with van der Waals surface area (Å²) in [5, 5.41) is 2.80. The lowest BCUT2D eigenvalue weighted by atomic mass is 9.86. The molecule has 0 unspecified atom stereocenters. The molecule has 2 amide bonds. The standard InChI is InChI=1S/C24H31BrN2O3/c1-6-26-23(29)17(2)27(15-18-10-9-11-19(25)14-18)22(28)16-30-21-13-8-7-12-20(21)24(3,4)5/h7-14,17H,6,15-16H2,1-5H3,(H,26,29)/t17-/m1/s1. The van der Waals surface area contributed by atoms with E-state index in [0.717, 1.165) is 15.6 Å². The first kappa shape index (κ1) is 23.9. The van der Waals surface area contributed by atoms with E-state index in [1.54, 1.807) is 11.8 Å². The molecule has 0 aliphatic heterocycles. The highest BCUT2D eigenvalue weighted by Gasteiger charge is 2.27. The minimum Gasteiger partial charge on any atom is -0.483 e. The molecule has 0 aliphatic carbocycles. The normalized spacial score (nSPS) is 12.2. The summed E-state index contributed by atoms with van der Waals surface area (Å²) in [6.07, 6.45) is 0. The van der Waals surface area contributed by atoms with Crippen molar-refractivity contribution in [3.05, 3.63) is 64.1 Å². The Bertz CT molecular complexity index is 877. The van der Waals surface area contributed by atoms with Gasteiger partial charge in [0.05, 0.1) is 0 Å². The van der Waals surface area contributed by atoms with Crippen molar-refractivity contribution in [3.8, 4) is 5.75 Å². The summed E-state index contributed by atoms with van der Waals surface area (Å²) in [5.41, 5.74) is 1.86. The van der Waals surface area contributed by atoms with E-state index < -0.39 is 6.04 Å². The zero-order valence-electron chi connectivity index (χ0n) is 18.4. The lowest BCUT2D eigenvalue weighted by Crippen LogP contribution is -2.49. The largest absolute Gasteiger partial charge is 0.483 e. The van der Waals surface area contributed by atoms with E-state index in [1.165, 1.54) is 0 Å². The maximum absolute atomic E-state index is 13.1. The molecule has 2 aromatic carbocycles. The summed E-state index contributed by atoms with van der Waals surface area (Å²) >= 11 is 3.46. The first-order valence-corrected chi connectivity index (χ1v) is 11.0. The Morgan fingerprint density at radius 1 is 1.13 bits per heavy atom. The van der Waals surface area contributed by atoms with Crippen LogP contribution in [0.15, 0.2) is 53.0 Å². The molecule has 0 radical (unpaired) electrons. The van der Waals surface area contributed by atoms with E-state index in [-0.39, 0.29) is 23.8 Å². The molecule has 5 nitrogen and oxygen atoms in total. The van der Waals surface area contributed by atoms with Gasteiger partial charge >= 0.3 is 0 Å². The van der Waals surface area contributed by atoms with E-state index in [0.29, 0.717) is 18.8 Å². The molecule has 30 heavy (non-hydrogen) atoms. The van der Waals surface area contributed by atoms with Crippen LogP contribution in [0.5, 0.6) is 5.75 Å². The zero-order valence-corrected chi connectivity index (χ0v) is 20.0. The minimum atomic E-state index is -0.613. The Hall–Kier alpha value is -2.34. The number of hydrogen-bond acceptors (Lipinski definition) is 3. The van der Waals surface area contributed by atoms with Gasteiger partial charge in [-0.05, 0) is 48.6 Å². The Labute approximate surface area is 187 Å². The van der Waals surface area contributed by atoms with Crippen LogP contribution in [0, 0.1) is 0 Å². The predicted molar refractivity (Wildman–Crippen MR) is 123 cm³/mol. The highest BCUT2D eigenvalue weighted by Crippen LogP contribution is 2.31. The van der Waals surface area contributed by atoms with Crippen molar-refractivity contribution in [2.45, 2.75) is 52.6 Å². The van der Waals surface area contributed by atoms with Crippen LogP contribution in [0.2, 0.25) is 0 Å². The van der Waals surface area contributed by atoms with Crippen molar-refractivity contribution < 1.29 is 14.3 Å². The van der Waals surface area contributed by atoms with Crippen LogP contribution in [-0.4, -0.2) is 35.9 Å². The fourth-order valence-electron chi connectivity index (χ4n) is 3.17. The van der Waals surface area contributed by atoms with E-state index in [1.807, 2.05) is 55.5 Å². The molecule has 0 heterocycles. The number of halogens is 1. The second-order valence-corrected chi connectivity index (χ2v) is 9.17. The lowest BCUT2D eigenvalue weighted by molar-refractivity contribution is -0.142. The maximum Gasteiger partial charge on any atom is 0.261 e. The second kappa shape index (κ2) is 10.6. The van der Waals surface area contributed by atoms with Crippen molar-refractivity contribution in [2.75, 3.05) is 13.2 Å². The Morgan fingerprint density at radius 3 is 2.47 bits per heavy atom. The van der Waals surface area contributed by atoms with Gasteiger partial charge in [-0.3, -0.25) is 9.59 Å². The second-order valence-electron chi connectivity index (χ2n) is 8.26. The number of nitrogens with zero attached hydrogens (tertiary/aromatic N) is 1. The number of carbonyl (C=O) groups excluding carboxylic acids is 2. The number of carbonyl (C=O) groups is 2. The third-order valence-corrected chi connectivity index (χ3v) is 5.30. The fourth-order valence-corrected chi connectivity index (χ4v) is 3.62. The molecule has 0 spiro atoms. The number of para-hydroxylation sites is 1. The van der Waals surface area contributed by atoms with Crippen molar-refractivity contribution >= 4 is 27.7 Å². The predicted octanol–water partition coefficient (Wildman–Crippen LogP) is 4.68. The molecule has 1 atom stereocenters. The number of amides is 2. The van der Waals surface area contributed by atoms with Gasteiger partial charge in [-0.2, -0.15) is 0 Å². The van der Waals surface area contributed by atoms with Crippen LogP contribution in [0.25, 0.3) is 0 Å². The van der Waals surface area contributed by atoms with E-state index in [9.17, 15) is 9.59 Å². The first-order valence-electron chi connectivity index (χ1n) is 10.2. The molecule has 2 rings (SSSR count). The number of benzene rings is 2. The zero-order chi connectivity index (χ0) is 22.3. The molecule has 0 saturated heterocycles. The molecule has 0 aromatic heterocycles. The molecular weight excluding hydrogens is 444 g/mol. The Morgan fingerprint density at radius 2 is 1.83 bits per heavy atom. The Kier molecular flexibility index (Phi) is 8.47. The van der Waals surface area contributed by atoms with E-state index in [4.69, 9.17) is 4.74 Å². The van der Waals surface area contributed by atoms with Gasteiger partial charge in [0, 0.05) is 17.6 Å². The van der Waals surface area contributed by atoms with Gasteiger partial charge in [-0.15, -0.1) is 0 Å². The maximum atomic E-state index is 13.1. The average Bonchev–Trinajstić information content (AvgIpc) is 2.69. The third kappa shape index (κ3) is 6.59. The summed E-state index contributed by atoms with van der Waals surface area (Å²) in [4.78, 5) is 27.1. The number of ether oxygens (including phenoxy) is 1. The topological polar surface area (TPSA) is 58.6 Å². The SMILES string of the molecule is CCNC(=O)[C@@H](C)N(Cc1cccc(Br)c1)C(=O)COc1ccccc1C(C)(C)C. The summed E-state index contributed by atoms with van der Waals surface area (Å²) in [6.45, 7) is 10.6. The molecule has 0 fully saturated rings. The molecule has 162 valence electrons. The van der Waals surface area contributed by atoms with Gasteiger partial charge in [0.2, 0.25) is 5.91 Å². The number of rotatable bonds is 8. The third-order valence-electron chi connectivity index (χ3n) is 4.81. The van der Waals surface area contributed by atoms with Crippen LogP contribution < -0.4 is 10.1 Å². The van der Waals surface area contributed by atoms with Crippen LogP contribution >= 0.6 is 15.9 Å². The van der Waals surface area contributed by atoms with Crippen LogP contribution in [0.1, 0.15) is 45.7 Å². The molecule has 0 aliphatic rings. The van der Waals surface area contributed by atoms with E-state index in [2.05, 4.69) is 42.0 Å².